The number of furan rings is 2. The van der Waals surface area contributed by atoms with Crippen molar-refractivity contribution in [1.29, 1.82) is 0 Å². The highest BCUT2D eigenvalue weighted by Gasteiger charge is 2.21. The van der Waals surface area contributed by atoms with E-state index in [0.29, 0.717) is 0 Å². The van der Waals surface area contributed by atoms with Crippen LogP contribution in [0.5, 0.6) is 0 Å². The molecule has 15 aromatic rings. The molecule has 2 aromatic heterocycles. The van der Waals surface area contributed by atoms with E-state index in [0.717, 1.165) is 77.3 Å². The van der Waals surface area contributed by atoms with E-state index < -0.39 is 0 Å². The maximum Gasteiger partial charge on any atom is 0.178 e. The minimum absolute atomic E-state index is 0.765. The first-order chi connectivity index (χ1) is 33.7. The average molecular weight is 863 g/mol. The summed E-state index contributed by atoms with van der Waals surface area (Å²) in [7, 11) is 0. The van der Waals surface area contributed by atoms with E-state index in [9.17, 15) is 0 Å². The Kier molecular flexibility index (Phi) is 7.81. The quantitative estimate of drug-likeness (QED) is 0.165. The van der Waals surface area contributed by atoms with Crippen molar-refractivity contribution in [2.75, 3.05) is 0 Å². The lowest BCUT2D eigenvalue weighted by Gasteiger charge is -2.12. The van der Waals surface area contributed by atoms with Crippen molar-refractivity contribution in [3.05, 3.63) is 231 Å². The molecular formula is C66H38O2. The Labute approximate surface area is 390 Å². The molecule has 0 saturated carbocycles. The minimum Gasteiger partial charge on any atom is -0.451 e. The van der Waals surface area contributed by atoms with Gasteiger partial charge in [-0.05, 0) is 134 Å². The monoisotopic (exact) mass is 862 g/mol. The molecule has 13 aromatic carbocycles. The van der Waals surface area contributed by atoms with E-state index >= 15 is 0 Å². The summed E-state index contributed by atoms with van der Waals surface area (Å²) in [5, 5.41) is 19.5. The Morgan fingerprint density at radius 1 is 0.162 bits per heavy atom. The number of para-hydroxylation sites is 2. The predicted molar refractivity (Wildman–Crippen MR) is 288 cm³/mol. The molecule has 0 fully saturated rings. The van der Waals surface area contributed by atoms with Crippen molar-refractivity contribution < 1.29 is 8.83 Å². The summed E-state index contributed by atoms with van der Waals surface area (Å²) in [6.07, 6.45) is 0. The SMILES string of the molecule is c1cc(-c2ccc3c4ccccc4c4ccccc4c3c2)cc(-c2cccc3c2oc2c3ccc3c4cccc(-c5cccc(-c6ccc7c8ccccc8c8ccccc8c7c6)c5)c4oc32)c1. The van der Waals surface area contributed by atoms with Crippen LogP contribution in [-0.4, -0.2) is 0 Å². The summed E-state index contributed by atoms with van der Waals surface area (Å²) in [6.45, 7) is 0. The average Bonchev–Trinajstić information content (AvgIpc) is 4.00. The molecule has 15 rings (SSSR count). The van der Waals surface area contributed by atoms with E-state index in [1.54, 1.807) is 0 Å². The van der Waals surface area contributed by atoms with Gasteiger partial charge in [0.15, 0.2) is 11.2 Å². The molecule has 0 aliphatic heterocycles. The summed E-state index contributed by atoms with van der Waals surface area (Å²) in [6, 6.07) is 83.9. The van der Waals surface area contributed by atoms with Crippen LogP contribution < -0.4 is 0 Å². The first kappa shape index (κ1) is 37.3. The molecule has 0 atom stereocenters. The third-order valence-corrected chi connectivity index (χ3v) is 14.6. The number of fused-ring (bicyclic) bond motifs is 19. The zero-order valence-corrected chi connectivity index (χ0v) is 36.8. The molecule has 2 nitrogen and oxygen atoms in total. The van der Waals surface area contributed by atoms with E-state index in [2.05, 4.69) is 231 Å². The van der Waals surface area contributed by atoms with Crippen LogP contribution in [0.4, 0.5) is 0 Å². The maximum absolute atomic E-state index is 6.99. The van der Waals surface area contributed by atoms with Gasteiger partial charge in [0.25, 0.3) is 0 Å². The van der Waals surface area contributed by atoms with Gasteiger partial charge in [0.1, 0.15) is 11.2 Å². The Morgan fingerprint density at radius 3 is 0.809 bits per heavy atom. The summed E-state index contributed by atoms with van der Waals surface area (Å²) < 4.78 is 14.0. The standard InChI is InChI=1S/C66H38O2/c1-3-21-51-47(17-1)49-19-5-7-23-53(49)61-37-41(29-31-55(51)61)39-13-9-15-43(35-39)45-25-11-27-57-59-33-34-60-58-28-12-26-46(64(58)68-66(60)65(59)67-63(45)57)44-16-10-14-40(36-44)42-30-32-56-52-22-4-2-18-48(52)50-20-6-8-24-54(50)62(56)38-42/h1-38H. The van der Waals surface area contributed by atoms with E-state index in [1.807, 2.05) is 0 Å². The van der Waals surface area contributed by atoms with Crippen molar-refractivity contribution >= 4 is 109 Å². The number of rotatable bonds is 4. The van der Waals surface area contributed by atoms with Crippen LogP contribution in [0.25, 0.3) is 153 Å². The Bertz CT molecular complexity index is 4250. The Balaban J connectivity index is 0.838. The van der Waals surface area contributed by atoms with Crippen LogP contribution in [-0.2, 0) is 0 Å². The van der Waals surface area contributed by atoms with Crippen molar-refractivity contribution in [3.63, 3.8) is 0 Å². The molecule has 2 heteroatoms. The highest BCUT2D eigenvalue weighted by molar-refractivity contribution is 6.27. The summed E-state index contributed by atoms with van der Waals surface area (Å²) >= 11 is 0. The van der Waals surface area contributed by atoms with Crippen LogP contribution in [0.1, 0.15) is 0 Å². The summed E-state index contributed by atoms with van der Waals surface area (Å²) in [5.41, 5.74) is 12.2. The second kappa shape index (κ2) is 14.3. The van der Waals surface area contributed by atoms with Gasteiger partial charge in [-0.25, -0.2) is 0 Å². The minimum atomic E-state index is 0.765. The molecule has 2 heterocycles. The second-order valence-electron chi connectivity index (χ2n) is 18.3. The van der Waals surface area contributed by atoms with Crippen LogP contribution in [0.15, 0.2) is 239 Å². The van der Waals surface area contributed by atoms with Gasteiger partial charge in [0, 0.05) is 32.7 Å². The zero-order chi connectivity index (χ0) is 44.5. The molecule has 0 spiro atoms. The van der Waals surface area contributed by atoms with E-state index in [4.69, 9.17) is 8.83 Å². The molecule has 0 radical (unpaired) electrons. The van der Waals surface area contributed by atoms with Gasteiger partial charge in [0.05, 0.1) is 0 Å². The van der Waals surface area contributed by atoms with Gasteiger partial charge in [-0.15, -0.1) is 0 Å². The first-order valence-corrected chi connectivity index (χ1v) is 23.4. The van der Waals surface area contributed by atoms with Crippen molar-refractivity contribution in [2.24, 2.45) is 0 Å². The normalized spacial score (nSPS) is 12.1. The lowest BCUT2D eigenvalue weighted by Crippen LogP contribution is -1.86. The van der Waals surface area contributed by atoms with Crippen molar-refractivity contribution in [2.45, 2.75) is 0 Å². The van der Waals surface area contributed by atoms with Crippen molar-refractivity contribution in [1.82, 2.24) is 0 Å². The van der Waals surface area contributed by atoms with Gasteiger partial charge in [0.2, 0.25) is 0 Å². The van der Waals surface area contributed by atoms with Gasteiger partial charge in [-0.1, -0.05) is 194 Å². The molecule has 0 bridgehead atoms. The van der Waals surface area contributed by atoms with Crippen LogP contribution >= 0.6 is 0 Å². The molecule has 0 aliphatic carbocycles. The molecule has 314 valence electrons. The van der Waals surface area contributed by atoms with Crippen LogP contribution in [0, 0.1) is 0 Å². The fourth-order valence-electron chi connectivity index (χ4n) is 11.5. The molecule has 0 saturated heterocycles. The highest BCUT2D eigenvalue weighted by atomic mass is 16.4. The topological polar surface area (TPSA) is 26.3 Å². The maximum atomic E-state index is 6.99. The number of benzene rings is 13. The number of hydrogen-bond acceptors (Lipinski definition) is 2. The van der Waals surface area contributed by atoms with E-state index in [-0.39, 0.29) is 0 Å². The fraction of sp³-hybridized carbons (Fsp3) is 0. The van der Waals surface area contributed by atoms with Crippen LogP contribution in [0.2, 0.25) is 0 Å². The zero-order valence-electron chi connectivity index (χ0n) is 36.8. The molecule has 68 heavy (non-hydrogen) atoms. The predicted octanol–water partition coefficient (Wildman–Crippen LogP) is 19.1. The van der Waals surface area contributed by atoms with Gasteiger partial charge < -0.3 is 8.83 Å². The highest BCUT2D eigenvalue weighted by Crippen LogP contribution is 2.45. The molecular weight excluding hydrogens is 825 g/mol. The lowest BCUT2D eigenvalue weighted by molar-refractivity contribution is 0.634. The smallest absolute Gasteiger partial charge is 0.178 e. The second-order valence-corrected chi connectivity index (χ2v) is 18.3. The molecule has 0 unspecified atom stereocenters. The molecule has 0 N–H and O–H groups in total. The fourth-order valence-corrected chi connectivity index (χ4v) is 11.5. The third kappa shape index (κ3) is 5.40. The van der Waals surface area contributed by atoms with E-state index in [1.165, 1.54) is 75.8 Å². The largest absolute Gasteiger partial charge is 0.451 e. The third-order valence-electron chi connectivity index (χ3n) is 14.6. The van der Waals surface area contributed by atoms with Gasteiger partial charge >= 0.3 is 0 Å². The van der Waals surface area contributed by atoms with Gasteiger partial charge in [-0.2, -0.15) is 0 Å². The first-order valence-electron chi connectivity index (χ1n) is 23.4. The van der Waals surface area contributed by atoms with Crippen molar-refractivity contribution in [3.8, 4) is 44.5 Å². The number of hydrogen-bond donors (Lipinski definition) is 0. The van der Waals surface area contributed by atoms with Gasteiger partial charge in [-0.3, -0.25) is 0 Å². The van der Waals surface area contributed by atoms with Crippen LogP contribution in [0.3, 0.4) is 0 Å². The summed E-state index contributed by atoms with van der Waals surface area (Å²) in [4.78, 5) is 0. The Hall–Kier alpha value is -8.98. The molecule has 0 amide bonds. The molecule has 0 aliphatic rings. The summed E-state index contributed by atoms with van der Waals surface area (Å²) in [5.74, 6) is 0. The Morgan fingerprint density at radius 2 is 0.426 bits per heavy atom. The lowest BCUT2D eigenvalue weighted by atomic mass is 9.91.